The zero-order valence-corrected chi connectivity index (χ0v) is 14.4. The van der Waals surface area contributed by atoms with Gasteiger partial charge in [-0.3, -0.25) is 0 Å². The summed E-state index contributed by atoms with van der Waals surface area (Å²) in [7, 11) is 0. The average molecular weight is 348 g/mol. The highest BCUT2D eigenvalue weighted by atomic mass is 32.1. The van der Waals surface area contributed by atoms with E-state index in [9.17, 15) is 10.3 Å². The fraction of sp³-hybridized carbons (Fsp3) is 0.0500. The van der Waals surface area contributed by atoms with Crippen molar-refractivity contribution in [1.82, 2.24) is 4.57 Å². The van der Waals surface area contributed by atoms with E-state index in [1.807, 2.05) is 36.4 Å². The molecule has 0 fully saturated rings. The van der Waals surface area contributed by atoms with E-state index in [1.54, 1.807) is 23.5 Å². The standard InChI is InChI=1S/C20H16N2O2S/c1-13-10-11-25-20(13)19-17(12-21-24)16-4-2-3-5-18(16)22(19)14-6-8-15(23)9-7-14/h2-12,23-24H,1H3/b21-12+. The summed E-state index contributed by atoms with van der Waals surface area (Å²) in [6, 6.07) is 17.2. The number of rotatable bonds is 3. The third kappa shape index (κ3) is 2.49. The van der Waals surface area contributed by atoms with Crippen molar-refractivity contribution in [3.8, 4) is 22.0 Å². The summed E-state index contributed by atoms with van der Waals surface area (Å²) >= 11 is 1.66. The van der Waals surface area contributed by atoms with Crippen molar-refractivity contribution in [2.75, 3.05) is 0 Å². The maximum absolute atomic E-state index is 9.64. The van der Waals surface area contributed by atoms with Crippen LogP contribution in [0.15, 0.2) is 65.1 Å². The Morgan fingerprint density at radius 1 is 1.04 bits per heavy atom. The molecule has 2 aromatic heterocycles. The topological polar surface area (TPSA) is 57.8 Å². The van der Waals surface area contributed by atoms with E-state index in [-0.39, 0.29) is 5.75 Å². The number of thiophene rings is 1. The van der Waals surface area contributed by atoms with Crippen LogP contribution >= 0.6 is 11.3 Å². The van der Waals surface area contributed by atoms with Gasteiger partial charge in [0.05, 0.1) is 22.3 Å². The van der Waals surface area contributed by atoms with Gasteiger partial charge in [-0.1, -0.05) is 23.4 Å². The van der Waals surface area contributed by atoms with Gasteiger partial charge in [-0.15, -0.1) is 11.3 Å². The van der Waals surface area contributed by atoms with E-state index in [0.717, 1.165) is 32.7 Å². The van der Waals surface area contributed by atoms with Gasteiger partial charge < -0.3 is 14.9 Å². The molecule has 5 heteroatoms. The molecule has 0 radical (unpaired) electrons. The summed E-state index contributed by atoms with van der Waals surface area (Å²) in [5, 5.41) is 25.2. The third-order valence-corrected chi connectivity index (χ3v) is 5.31. The maximum atomic E-state index is 9.64. The molecular weight excluding hydrogens is 332 g/mol. The van der Waals surface area contributed by atoms with Crippen LogP contribution in [0.3, 0.4) is 0 Å². The second-order valence-corrected chi connectivity index (χ2v) is 6.72. The van der Waals surface area contributed by atoms with Gasteiger partial charge in [0.15, 0.2) is 0 Å². The number of hydrogen-bond acceptors (Lipinski definition) is 4. The first kappa shape index (κ1) is 15.5. The summed E-state index contributed by atoms with van der Waals surface area (Å²) in [6.45, 7) is 2.07. The molecule has 0 aliphatic rings. The first-order valence-electron chi connectivity index (χ1n) is 7.85. The summed E-state index contributed by atoms with van der Waals surface area (Å²) in [5.74, 6) is 0.228. The SMILES string of the molecule is Cc1ccsc1-c1c(/C=N/O)c2ccccc2n1-c1ccc(O)cc1. The molecule has 0 aliphatic carbocycles. The number of aromatic nitrogens is 1. The van der Waals surface area contributed by atoms with Gasteiger partial charge in [-0.05, 0) is 54.3 Å². The second-order valence-electron chi connectivity index (χ2n) is 5.81. The largest absolute Gasteiger partial charge is 0.508 e. The molecule has 0 saturated carbocycles. The zero-order valence-electron chi connectivity index (χ0n) is 13.5. The number of oxime groups is 1. The van der Waals surface area contributed by atoms with Crippen LogP contribution in [0.2, 0.25) is 0 Å². The molecule has 4 aromatic rings. The Balaban J connectivity index is 2.16. The minimum Gasteiger partial charge on any atom is -0.508 e. The molecule has 25 heavy (non-hydrogen) atoms. The summed E-state index contributed by atoms with van der Waals surface area (Å²) in [6.07, 6.45) is 1.49. The average Bonchev–Trinajstić information content (AvgIpc) is 3.18. The number of fused-ring (bicyclic) bond motifs is 1. The van der Waals surface area contributed by atoms with Gasteiger partial charge >= 0.3 is 0 Å². The number of benzene rings is 2. The number of phenolic OH excluding ortho intramolecular Hbond substituents is 1. The molecular formula is C20H16N2O2S. The van der Waals surface area contributed by atoms with Crippen molar-refractivity contribution in [2.45, 2.75) is 6.92 Å². The van der Waals surface area contributed by atoms with E-state index < -0.39 is 0 Å². The quantitative estimate of drug-likeness (QED) is 0.304. The van der Waals surface area contributed by atoms with Crippen LogP contribution in [0.25, 0.3) is 27.2 Å². The molecule has 0 amide bonds. The van der Waals surface area contributed by atoms with Gasteiger partial charge in [0.1, 0.15) is 5.75 Å². The maximum Gasteiger partial charge on any atom is 0.115 e. The highest BCUT2D eigenvalue weighted by Gasteiger charge is 2.20. The van der Waals surface area contributed by atoms with E-state index in [1.165, 1.54) is 11.8 Å². The van der Waals surface area contributed by atoms with Crippen LogP contribution in [-0.4, -0.2) is 21.1 Å². The van der Waals surface area contributed by atoms with E-state index in [2.05, 4.69) is 28.1 Å². The normalized spacial score (nSPS) is 11.6. The summed E-state index contributed by atoms with van der Waals surface area (Å²) < 4.78 is 2.14. The van der Waals surface area contributed by atoms with Gasteiger partial charge in [-0.25, -0.2) is 0 Å². The van der Waals surface area contributed by atoms with Crippen LogP contribution in [0.1, 0.15) is 11.1 Å². The lowest BCUT2D eigenvalue weighted by Crippen LogP contribution is -1.97. The molecule has 0 spiro atoms. The van der Waals surface area contributed by atoms with Crippen molar-refractivity contribution >= 4 is 28.5 Å². The molecule has 124 valence electrons. The molecule has 2 heterocycles. The Labute approximate surface area is 148 Å². The third-order valence-electron chi connectivity index (χ3n) is 4.29. The van der Waals surface area contributed by atoms with Gasteiger partial charge in [0, 0.05) is 16.6 Å². The van der Waals surface area contributed by atoms with Crippen LogP contribution in [0, 0.1) is 6.92 Å². The summed E-state index contributed by atoms with van der Waals surface area (Å²) in [5.41, 5.74) is 4.98. The molecule has 0 bridgehead atoms. The fourth-order valence-electron chi connectivity index (χ4n) is 3.16. The lowest BCUT2D eigenvalue weighted by Gasteiger charge is -2.11. The second kappa shape index (κ2) is 6.11. The zero-order chi connectivity index (χ0) is 17.4. The van der Waals surface area contributed by atoms with Gasteiger partial charge in [-0.2, -0.15) is 0 Å². The molecule has 4 rings (SSSR count). The highest BCUT2D eigenvalue weighted by Crippen LogP contribution is 2.39. The molecule has 2 aromatic carbocycles. The molecule has 0 saturated heterocycles. The predicted molar refractivity (Wildman–Crippen MR) is 102 cm³/mol. The Morgan fingerprint density at radius 3 is 2.48 bits per heavy atom. The van der Waals surface area contributed by atoms with Crippen molar-refractivity contribution < 1.29 is 10.3 Å². The number of aromatic hydroxyl groups is 1. The van der Waals surface area contributed by atoms with Crippen LogP contribution in [-0.2, 0) is 0 Å². The fourth-order valence-corrected chi connectivity index (χ4v) is 4.14. The first-order valence-corrected chi connectivity index (χ1v) is 8.73. The molecule has 2 N–H and O–H groups in total. The minimum atomic E-state index is 0.228. The van der Waals surface area contributed by atoms with Crippen molar-refractivity contribution in [3.05, 3.63) is 71.1 Å². The van der Waals surface area contributed by atoms with E-state index >= 15 is 0 Å². The first-order chi connectivity index (χ1) is 12.2. The number of para-hydroxylation sites is 1. The molecule has 4 nitrogen and oxygen atoms in total. The number of hydrogen-bond donors (Lipinski definition) is 2. The smallest absolute Gasteiger partial charge is 0.115 e. The Bertz CT molecular complexity index is 1070. The Morgan fingerprint density at radius 2 is 1.80 bits per heavy atom. The van der Waals surface area contributed by atoms with Gasteiger partial charge in [0.25, 0.3) is 0 Å². The molecule has 0 unspecified atom stereocenters. The lowest BCUT2D eigenvalue weighted by atomic mass is 10.1. The monoisotopic (exact) mass is 348 g/mol. The number of aryl methyl sites for hydroxylation is 1. The Kier molecular flexibility index (Phi) is 3.78. The van der Waals surface area contributed by atoms with Crippen LogP contribution < -0.4 is 0 Å². The van der Waals surface area contributed by atoms with Crippen molar-refractivity contribution in [3.63, 3.8) is 0 Å². The molecule has 0 atom stereocenters. The van der Waals surface area contributed by atoms with Crippen LogP contribution in [0.5, 0.6) is 5.75 Å². The summed E-state index contributed by atoms with van der Waals surface area (Å²) in [4.78, 5) is 1.12. The van der Waals surface area contributed by atoms with E-state index in [0.29, 0.717) is 0 Å². The van der Waals surface area contributed by atoms with Gasteiger partial charge in [0.2, 0.25) is 0 Å². The van der Waals surface area contributed by atoms with E-state index in [4.69, 9.17) is 0 Å². The van der Waals surface area contributed by atoms with Crippen molar-refractivity contribution in [2.24, 2.45) is 5.16 Å². The van der Waals surface area contributed by atoms with Crippen LogP contribution in [0.4, 0.5) is 0 Å². The predicted octanol–water partition coefficient (Wildman–Crippen LogP) is 5.18. The number of nitrogens with zero attached hydrogens (tertiary/aromatic N) is 2. The molecule has 0 aliphatic heterocycles. The van der Waals surface area contributed by atoms with Crippen molar-refractivity contribution in [1.29, 1.82) is 0 Å². The minimum absolute atomic E-state index is 0.228. The highest BCUT2D eigenvalue weighted by molar-refractivity contribution is 7.13. The lowest BCUT2D eigenvalue weighted by molar-refractivity contribution is 0.322. The Hall–Kier alpha value is -3.05. The number of phenols is 1.